The van der Waals surface area contributed by atoms with Crippen LogP contribution in [0.5, 0.6) is 5.75 Å². The van der Waals surface area contributed by atoms with Gasteiger partial charge in [0.1, 0.15) is 5.75 Å². The third-order valence-corrected chi connectivity index (χ3v) is 3.00. The molecule has 4 nitrogen and oxygen atoms in total. The van der Waals surface area contributed by atoms with Crippen LogP contribution in [0, 0.1) is 0 Å². The van der Waals surface area contributed by atoms with Gasteiger partial charge in [0.05, 0.1) is 11.7 Å². The number of aromatic hydroxyl groups is 1. The normalized spacial score (nSPS) is 12.6. The molecular weight excluding hydrogens is 222 g/mol. The molecular formula is C11H13N3OS. The maximum Gasteiger partial charge on any atom is 0.180 e. The molecule has 2 aromatic rings. The van der Waals surface area contributed by atoms with Gasteiger partial charge < -0.3 is 16.6 Å². The van der Waals surface area contributed by atoms with E-state index < -0.39 is 0 Å². The fourth-order valence-electron chi connectivity index (χ4n) is 1.46. The van der Waals surface area contributed by atoms with E-state index in [-0.39, 0.29) is 11.8 Å². The lowest BCUT2D eigenvalue weighted by Crippen LogP contribution is -2.13. The van der Waals surface area contributed by atoms with Crippen molar-refractivity contribution >= 4 is 16.5 Å². The second-order valence-electron chi connectivity index (χ2n) is 3.59. The Morgan fingerprint density at radius 3 is 2.56 bits per heavy atom. The van der Waals surface area contributed by atoms with Crippen molar-refractivity contribution in [3.63, 3.8) is 0 Å². The lowest BCUT2D eigenvalue weighted by atomic mass is 10.0. The van der Waals surface area contributed by atoms with Crippen molar-refractivity contribution in [1.29, 1.82) is 0 Å². The molecule has 0 radical (unpaired) electrons. The maximum absolute atomic E-state index is 9.15. The fraction of sp³-hybridized carbons (Fsp3) is 0.182. The monoisotopic (exact) mass is 235 g/mol. The molecule has 0 spiro atoms. The van der Waals surface area contributed by atoms with Crippen LogP contribution in [0.2, 0.25) is 0 Å². The Balaban J connectivity index is 2.07. The Morgan fingerprint density at radius 1 is 1.31 bits per heavy atom. The maximum atomic E-state index is 9.15. The highest BCUT2D eigenvalue weighted by atomic mass is 32.1. The van der Waals surface area contributed by atoms with Gasteiger partial charge in [-0.15, -0.1) is 11.3 Å². The molecule has 0 saturated carbocycles. The smallest absolute Gasteiger partial charge is 0.180 e. The fourth-order valence-corrected chi connectivity index (χ4v) is 2.09. The van der Waals surface area contributed by atoms with E-state index >= 15 is 0 Å². The zero-order valence-electron chi connectivity index (χ0n) is 8.63. The number of aromatic nitrogens is 1. The molecule has 84 valence electrons. The van der Waals surface area contributed by atoms with Crippen LogP contribution >= 0.6 is 11.3 Å². The lowest BCUT2D eigenvalue weighted by molar-refractivity contribution is 0.475. The Morgan fingerprint density at radius 2 is 2.00 bits per heavy atom. The average molecular weight is 235 g/mol. The molecule has 1 aromatic carbocycles. The van der Waals surface area contributed by atoms with E-state index in [4.69, 9.17) is 16.6 Å². The highest BCUT2D eigenvalue weighted by Crippen LogP contribution is 2.20. The van der Waals surface area contributed by atoms with Gasteiger partial charge in [0, 0.05) is 5.38 Å². The minimum Gasteiger partial charge on any atom is -0.508 e. The van der Waals surface area contributed by atoms with E-state index in [0.29, 0.717) is 11.6 Å². The molecule has 0 aliphatic rings. The number of benzene rings is 1. The molecule has 0 saturated heterocycles. The number of thiazole rings is 1. The molecule has 0 bridgehead atoms. The van der Waals surface area contributed by atoms with Crippen LogP contribution in [0.3, 0.4) is 0 Å². The van der Waals surface area contributed by atoms with Crippen LogP contribution in [0.1, 0.15) is 17.3 Å². The molecule has 16 heavy (non-hydrogen) atoms. The van der Waals surface area contributed by atoms with Crippen molar-refractivity contribution in [2.45, 2.75) is 12.5 Å². The number of hydrogen-bond donors (Lipinski definition) is 3. The summed E-state index contributed by atoms with van der Waals surface area (Å²) in [5, 5.41) is 11.6. The Bertz CT molecular complexity index is 466. The second kappa shape index (κ2) is 4.51. The molecule has 5 N–H and O–H groups in total. The van der Waals surface area contributed by atoms with Crippen LogP contribution in [-0.4, -0.2) is 10.1 Å². The third-order valence-electron chi connectivity index (χ3n) is 2.31. The Kier molecular flexibility index (Phi) is 3.07. The number of nitrogens with zero attached hydrogens (tertiary/aromatic N) is 1. The zero-order valence-corrected chi connectivity index (χ0v) is 9.45. The topological polar surface area (TPSA) is 85.2 Å². The molecule has 0 aliphatic carbocycles. The third kappa shape index (κ3) is 2.50. The predicted molar refractivity (Wildman–Crippen MR) is 65.3 cm³/mol. The summed E-state index contributed by atoms with van der Waals surface area (Å²) in [5.41, 5.74) is 13.4. The van der Waals surface area contributed by atoms with Gasteiger partial charge in [0.2, 0.25) is 0 Å². The first kappa shape index (κ1) is 10.9. The lowest BCUT2D eigenvalue weighted by Gasteiger charge is -2.08. The van der Waals surface area contributed by atoms with Gasteiger partial charge >= 0.3 is 0 Å². The molecule has 0 amide bonds. The van der Waals surface area contributed by atoms with E-state index in [9.17, 15) is 0 Å². The van der Waals surface area contributed by atoms with Gasteiger partial charge in [0.15, 0.2) is 5.13 Å². The van der Waals surface area contributed by atoms with Gasteiger partial charge in [-0.3, -0.25) is 0 Å². The zero-order chi connectivity index (χ0) is 11.5. The van der Waals surface area contributed by atoms with E-state index in [1.807, 2.05) is 17.5 Å². The summed E-state index contributed by atoms with van der Waals surface area (Å²) < 4.78 is 0. The molecule has 2 rings (SSSR count). The number of anilines is 1. The number of phenolic OH excluding ortho intramolecular Hbond substituents is 1. The first-order valence-corrected chi connectivity index (χ1v) is 5.77. The van der Waals surface area contributed by atoms with Crippen molar-refractivity contribution in [2.75, 3.05) is 5.73 Å². The predicted octanol–water partition coefficient (Wildman–Crippen LogP) is 1.67. The Labute approximate surface area is 97.6 Å². The summed E-state index contributed by atoms with van der Waals surface area (Å²) in [6.07, 6.45) is 0.684. The number of phenols is 1. The van der Waals surface area contributed by atoms with Crippen LogP contribution in [0.15, 0.2) is 29.6 Å². The minimum absolute atomic E-state index is 0.155. The van der Waals surface area contributed by atoms with Crippen molar-refractivity contribution in [1.82, 2.24) is 4.98 Å². The number of nitrogen functional groups attached to an aromatic ring is 1. The molecule has 1 heterocycles. The molecule has 0 fully saturated rings. The van der Waals surface area contributed by atoms with Crippen molar-refractivity contribution < 1.29 is 5.11 Å². The minimum atomic E-state index is -0.155. The van der Waals surface area contributed by atoms with Crippen molar-refractivity contribution in [3.05, 3.63) is 40.9 Å². The SMILES string of the molecule is Nc1nc([C@@H](N)Cc2ccc(O)cc2)cs1. The second-order valence-corrected chi connectivity index (χ2v) is 4.48. The summed E-state index contributed by atoms with van der Waals surface area (Å²) in [4.78, 5) is 4.15. The summed E-state index contributed by atoms with van der Waals surface area (Å²) in [7, 11) is 0. The number of hydrogen-bond acceptors (Lipinski definition) is 5. The van der Waals surface area contributed by atoms with E-state index in [2.05, 4.69) is 4.98 Å². The summed E-state index contributed by atoms with van der Waals surface area (Å²) in [6.45, 7) is 0. The number of rotatable bonds is 3. The molecule has 1 atom stereocenters. The molecule has 0 aliphatic heterocycles. The van der Waals surface area contributed by atoms with Gasteiger partial charge in [-0.1, -0.05) is 12.1 Å². The highest BCUT2D eigenvalue weighted by Gasteiger charge is 2.10. The van der Waals surface area contributed by atoms with E-state index in [1.165, 1.54) is 11.3 Å². The quantitative estimate of drug-likeness (QED) is 0.755. The molecule has 1 aromatic heterocycles. The van der Waals surface area contributed by atoms with Gasteiger partial charge in [-0.05, 0) is 24.1 Å². The van der Waals surface area contributed by atoms with Gasteiger partial charge in [-0.25, -0.2) is 4.98 Å². The average Bonchev–Trinajstić information content (AvgIpc) is 2.68. The largest absolute Gasteiger partial charge is 0.508 e. The van der Waals surface area contributed by atoms with Crippen LogP contribution in [0.25, 0.3) is 0 Å². The van der Waals surface area contributed by atoms with Crippen LogP contribution in [0.4, 0.5) is 5.13 Å². The summed E-state index contributed by atoms with van der Waals surface area (Å²) in [5.74, 6) is 0.259. The molecule has 5 heteroatoms. The standard InChI is InChI=1S/C11H13N3OS/c12-9(10-6-16-11(13)14-10)5-7-1-3-8(15)4-2-7/h1-4,6,9,15H,5,12H2,(H2,13,14)/t9-/m0/s1. The van der Waals surface area contributed by atoms with Crippen LogP contribution < -0.4 is 11.5 Å². The van der Waals surface area contributed by atoms with Gasteiger partial charge in [0.25, 0.3) is 0 Å². The van der Waals surface area contributed by atoms with E-state index in [1.54, 1.807) is 12.1 Å². The van der Waals surface area contributed by atoms with Crippen LogP contribution in [-0.2, 0) is 6.42 Å². The Hall–Kier alpha value is -1.59. The van der Waals surface area contributed by atoms with Gasteiger partial charge in [-0.2, -0.15) is 0 Å². The van der Waals surface area contributed by atoms with E-state index in [0.717, 1.165) is 11.3 Å². The summed E-state index contributed by atoms with van der Waals surface area (Å²) in [6, 6.07) is 6.85. The summed E-state index contributed by atoms with van der Waals surface area (Å²) >= 11 is 1.39. The first-order chi connectivity index (χ1) is 7.65. The molecule has 0 unspecified atom stereocenters. The van der Waals surface area contributed by atoms with Crippen molar-refractivity contribution in [2.24, 2.45) is 5.73 Å². The number of nitrogens with two attached hydrogens (primary N) is 2. The first-order valence-electron chi connectivity index (χ1n) is 4.89. The van der Waals surface area contributed by atoms with Crippen molar-refractivity contribution in [3.8, 4) is 5.75 Å². The highest BCUT2D eigenvalue weighted by molar-refractivity contribution is 7.13.